The van der Waals surface area contributed by atoms with Gasteiger partial charge in [0.25, 0.3) is 5.91 Å². The summed E-state index contributed by atoms with van der Waals surface area (Å²) in [5.74, 6) is 0.430. The number of anilines is 2. The van der Waals surface area contributed by atoms with Gasteiger partial charge in [-0.05, 0) is 49.4 Å². The van der Waals surface area contributed by atoms with Crippen molar-refractivity contribution < 1.29 is 23.9 Å². The molecule has 1 heterocycles. The van der Waals surface area contributed by atoms with Gasteiger partial charge in [-0.2, -0.15) is 0 Å². The highest BCUT2D eigenvalue weighted by molar-refractivity contribution is 6.07. The largest absolute Gasteiger partial charge is 0.497 e. The average molecular weight is 354 g/mol. The lowest BCUT2D eigenvalue weighted by Crippen LogP contribution is -2.49. The van der Waals surface area contributed by atoms with Gasteiger partial charge in [0, 0.05) is 11.3 Å². The Morgan fingerprint density at radius 3 is 2.65 bits per heavy atom. The highest BCUT2D eigenvalue weighted by Gasteiger charge is 2.33. The van der Waals surface area contributed by atoms with Crippen LogP contribution in [0.2, 0.25) is 0 Å². The van der Waals surface area contributed by atoms with Crippen molar-refractivity contribution in [1.29, 1.82) is 0 Å². The van der Waals surface area contributed by atoms with Crippen molar-refractivity contribution in [2.75, 3.05) is 23.9 Å². The van der Waals surface area contributed by atoms with E-state index in [1.807, 2.05) is 0 Å². The second-order valence-corrected chi connectivity index (χ2v) is 5.79. The first-order valence-electron chi connectivity index (χ1n) is 8.02. The molecule has 0 fully saturated rings. The fourth-order valence-electron chi connectivity index (χ4n) is 2.72. The Morgan fingerprint density at radius 1 is 1.27 bits per heavy atom. The lowest BCUT2D eigenvalue weighted by Gasteiger charge is -2.33. The van der Waals surface area contributed by atoms with Gasteiger partial charge in [-0.15, -0.1) is 0 Å². The fourth-order valence-corrected chi connectivity index (χ4v) is 2.72. The van der Waals surface area contributed by atoms with Gasteiger partial charge in [-0.3, -0.25) is 19.3 Å². The predicted octanol–water partition coefficient (Wildman–Crippen LogP) is 2.26. The number of carbonyl (C=O) groups excluding carboxylic acids is 3. The van der Waals surface area contributed by atoms with Crippen molar-refractivity contribution in [1.82, 2.24) is 0 Å². The second kappa shape index (κ2) is 7.26. The zero-order chi connectivity index (χ0) is 18.7. The van der Waals surface area contributed by atoms with E-state index in [2.05, 4.69) is 5.32 Å². The van der Waals surface area contributed by atoms with E-state index < -0.39 is 6.04 Å². The molecule has 7 nitrogen and oxygen atoms in total. The van der Waals surface area contributed by atoms with Crippen LogP contribution in [0.25, 0.3) is 0 Å². The van der Waals surface area contributed by atoms with E-state index in [0.29, 0.717) is 34.7 Å². The monoisotopic (exact) mass is 354 g/mol. The third kappa shape index (κ3) is 3.37. The third-order valence-electron chi connectivity index (χ3n) is 4.12. The number of nitrogens with one attached hydrogen (secondary N) is 1. The van der Waals surface area contributed by atoms with Crippen molar-refractivity contribution in [3.05, 3.63) is 48.0 Å². The molecule has 26 heavy (non-hydrogen) atoms. The highest BCUT2D eigenvalue weighted by atomic mass is 16.5. The van der Waals surface area contributed by atoms with Gasteiger partial charge in [0.15, 0.2) is 6.61 Å². The summed E-state index contributed by atoms with van der Waals surface area (Å²) in [5, 5.41) is 2.77. The topological polar surface area (TPSA) is 84.9 Å². The lowest BCUT2D eigenvalue weighted by atomic mass is 10.1. The maximum atomic E-state index is 12.6. The number of nitrogens with zero attached hydrogens (tertiary/aromatic N) is 1. The summed E-state index contributed by atoms with van der Waals surface area (Å²) in [6.45, 7) is 1.47. The standard InChI is InChI=1S/C19H18N2O5/c1-12(19(24)20-14-4-6-15(25-2)7-5-14)21-16-9-13(10-22)3-8-17(16)26-11-18(21)23/h3-10,12H,11H2,1-2H3,(H,20,24). The average Bonchev–Trinajstić information content (AvgIpc) is 2.67. The molecule has 0 bridgehead atoms. The van der Waals surface area contributed by atoms with Gasteiger partial charge < -0.3 is 14.8 Å². The van der Waals surface area contributed by atoms with Crippen LogP contribution in [0.3, 0.4) is 0 Å². The molecule has 0 saturated carbocycles. The first-order valence-corrected chi connectivity index (χ1v) is 8.02. The van der Waals surface area contributed by atoms with Crippen LogP contribution in [0.1, 0.15) is 17.3 Å². The molecule has 0 aliphatic carbocycles. The van der Waals surface area contributed by atoms with Crippen molar-refractivity contribution in [3.8, 4) is 11.5 Å². The molecule has 2 aromatic rings. The van der Waals surface area contributed by atoms with Gasteiger partial charge in [0.2, 0.25) is 5.91 Å². The summed E-state index contributed by atoms with van der Waals surface area (Å²) in [5.41, 5.74) is 1.39. The Hall–Kier alpha value is -3.35. The van der Waals surface area contributed by atoms with Crippen LogP contribution in [0.15, 0.2) is 42.5 Å². The van der Waals surface area contributed by atoms with Crippen molar-refractivity contribution in [2.24, 2.45) is 0 Å². The van der Waals surface area contributed by atoms with Crippen LogP contribution in [0.5, 0.6) is 11.5 Å². The quantitative estimate of drug-likeness (QED) is 0.833. The molecular weight excluding hydrogens is 336 g/mol. The maximum Gasteiger partial charge on any atom is 0.265 e. The van der Waals surface area contributed by atoms with Crippen molar-refractivity contribution >= 4 is 29.5 Å². The summed E-state index contributed by atoms with van der Waals surface area (Å²) >= 11 is 0. The van der Waals surface area contributed by atoms with Gasteiger partial charge in [0.1, 0.15) is 23.8 Å². The number of carbonyl (C=O) groups is 3. The number of hydrogen-bond acceptors (Lipinski definition) is 5. The predicted molar refractivity (Wildman–Crippen MR) is 95.9 cm³/mol. The Labute approximate surface area is 150 Å². The number of rotatable bonds is 5. The molecule has 2 aromatic carbocycles. The molecule has 1 atom stereocenters. The summed E-state index contributed by atoms with van der Waals surface area (Å²) in [6.07, 6.45) is 0.680. The molecule has 7 heteroatoms. The van der Waals surface area contributed by atoms with Crippen LogP contribution in [-0.2, 0) is 9.59 Å². The number of amides is 2. The van der Waals surface area contributed by atoms with Gasteiger partial charge in [-0.1, -0.05) is 0 Å². The Bertz CT molecular complexity index is 848. The second-order valence-electron chi connectivity index (χ2n) is 5.79. The minimum Gasteiger partial charge on any atom is -0.497 e. The molecule has 1 N–H and O–H groups in total. The minimum absolute atomic E-state index is 0.159. The van der Waals surface area contributed by atoms with Gasteiger partial charge in [0.05, 0.1) is 12.8 Å². The first kappa shape index (κ1) is 17.5. The van der Waals surface area contributed by atoms with Crippen LogP contribution in [0, 0.1) is 0 Å². The number of aldehydes is 1. The lowest BCUT2D eigenvalue weighted by molar-refractivity contribution is -0.125. The molecular formula is C19H18N2O5. The number of benzene rings is 2. The summed E-state index contributed by atoms with van der Waals surface area (Å²) in [6, 6.07) is 10.9. The van der Waals surface area contributed by atoms with Crippen LogP contribution >= 0.6 is 0 Å². The number of fused-ring (bicyclic) bond motifs is 1. The third-order valence-corrected chi connectivity index (χ3v) is 4.12. The molecule has 2 amide bonds. The van der Waals surface area contributed by atoms with E-state index in [9.17, 15) is 14.4 Å². The van der Waals surface area contributed by atoms with Gasteiger partial charge in [-0.25, -0.2) is 0 Å². The molecule has 1 aliphatic rings. The van der Waals surface area contributed by atoms with Crippen molar-refractivity contribution in [2.45, 2.75) is 13.0 Å². The molecule has 1 aliphatic heterocycles. The number of hydrogen-bond donors (Lipinski definition) is 1. The Morgan fingerprint density at radius 2 is 2.00 bits per heavy atom. The fraction of sp³-hybridized carbons (Fsp3) is 0.211. The SMILES string of the molecule is COc1ccc(NC(=O)C(C)N2C(=O)COc3ccc(C=O)cc32)cc1. The maximum absolute atomic E-state index is 12.6. The van der Waals surface area contributed by atoms with Crippen LogP contribution in [-0.4, -0.2) is 37.9 Å². The molecule has 0 radical (unpaired) electrons. The van der Waals surface area contributed by atoms with E-state index in [0.717, 1.165) is 0 Å². The molecule has 0 aromatic heterocycles. The Kier molecular flexibility index (Phi) is 4.88. The van der Waals surface area contributed by atoms with Gasteiger partial charge >= 0.3 is 0 Å². The van der Waals surface area contributed by atoms with E-state index in [1.54, 1.807) is 50.4 Å². The number of methoxy groups -OCH3 is 1. The molecule has 0 spiro atoms. The zero-order valence-corrected chi connectivity index (χ0v) is 14.4. The van der Waals surface area contributed by atoms with E-state index >= 15 is 0 Å². The molecule has 3 rings (SSSR count). The van der Waals surface area contributed by atoms with E-state index in [-0.39, 0.29) is 18.4 Å². The minimum atomic E-state index is -0.783. The smallest absolute Gasteiger partial charge is 0.265 e. The normalized spacial score (nSPS) is 14.1. The Balaban J connectivity index is 1.84. The highest BCUT2D eigenvalue weighted by Crippen LogP contribution is 2.34. The summed E-state index contributed by atoms with van der Waals surface area (Å²) in [4.78, 5) is 37.4. The molecule has 0 saturated heterocycles. The zero-order valence-electron chi connectivity index (χ0n) is 14.4. The van der Waals surface area contributed by atoms with E-state index in [1.165, 1.54) is 11.0 Å². The summed E-state index contributed by atoms with van der Waals surface area (Å²) in [7, 11) is 1.56. The molecule has 134 valence electrons. The first-order chi connectivity index (χ1) is 12.5. The molecule has 1 unspecified atom stereocenters. The van der Waals surface area contributed by atoms with Crippen LogP contribution in [0.4, 0.5) is 11.4 Å². The summed E-state index contributed by atoms with van der Waals surface area (Å²) < 4.78 is 10.5. The number of ether oxygens (including phenoxy) is 2. The van der Waals surface area contributed by atoms with Crippen LogP contribution < -0.4 is 19.7 Å². The van der Waals surface area contributed by atoms with Crippen molar-refractivity contribution in [3.63, 3.8) is 0 Å². The van der Waals surface area contributed by atoms with E-state index in [4.69, 9.17) is 9.47 Å².